The molecule has 0 bridgehead atoms. The van der Waals surface area contributed by atoms with Gasteiger partial charge in [0.2, 0.25) is 0 Å². The Balaban J connectivity index is 0.947. The molecule has 6 saturated carbocycles. The molecule has 4 nitrogen and oxygen atoms in total. The molecule has 5 aliphatic heterocycles. The summed E-state index contributed by atoms with van der Waals surface area (Å²) in [5.41, 5.74) is 10.6. The van der Waals surface area contributed by atoms with E-state index in [1.807, 2.05) is 0 Å². The van der Waals surface area contributed by atoms with Crippen molar-refractivity contribution in [3.05, 3.63) is 101 Å². The van der Waals surface area contributed by atoms with Crippen LogP contribution in [0.2, 0.25) is 11.6 Å². The molecule has 0 radical (unpaired) electrons. The molecule has 14 rings (SSSR count). The first-order valence-electron chi connectivity index (χ1n) is 26.3. The lowest BCUT2D eigenvalue weighted by Gasteiger charge is -2.69. The highest BCUT2D eigenvalue weighted by Crippen LogP contribution is 2.67. The number of hydrogen-bond donors (Lipinski definition) is 0. The Labute approximate surface area is 373 Å². The lowest BCUT2D eigenvalue weighted by Crippen LogP contribution is -2.75. The van der Waals surface area contributed by atoms with Gasteiger partial charge in [-0.1, -0.05) is 129 Å². The van der Waals surface area contributed by atoms with Crippen molar-refractivity contribution in [2.45, 2.75) is 190 Å². The molecule has 3 aromatic rings. The van der Waals surface area contributed by atoms with Gasteiger partial charge in [-0.25, -0.2) is 0 Å². The zero-order valence-electron chi connectivity index (χ0n) is 37.9. The van der Waals surface area contributed by atoms with Crippen molar-refractivity contribution in [3.63, 3.8) is 0 Å². The number of ether oxygens (including phenoxy) is 2. The van der Waals surface area contributed by atoms with E-state index in [0.29, 0.717) is 90.6 Å². The summed E-state index contributed by atoms with van der Waals surface area (Å²) >= 11 is 0. The Bertz CT molecular complexity index is 2230. The first-order valence-corrected chi connectivity index (χ1v) is 26.3. The van der Waals surface area contributed by atoms with E-state index in [0.717, 1.165) is 23.7 Å². The van der Waals surface area contributed by atoms with Crippen LogP contribution in [-0.4, -0.2) is 65.1 Å². The highest BCUT2D eigenvalue weighted by molar-refractivity contribution is 6.77. The van der Waals surface area contributed by atoms with Crippen molar-refractivity contribution >= 4 is 12.2 Å². The summed E-state index contributed by atoms with van der Waals surface area (Å²) < 4.78 is 15.2. The van der Waals surface area contributed by atoms with Crippen LogP contribution in [0, 0.1) is 62.2 Å². The summed E-state index contributed by atoms with van der Waals surface area (Å²) in [6, 6.07) is 28.6. The van der Waals surface area contributed by atoms with Crippen LogP contribution in [0.15, 0.2) is 78.6 Å². The number of benzene rings is 3. The van der Waals surface area contributed by atoms with Gasteiger partial charge in [0.1, 0.15) is 5.82 Å². The van der Waals surface area contributed by atoms with E-state index in [1.54, 1.807) is 16.8 Å². The molecule has 18 unspecified atom stereocenters. The average molecular weight is 827 g/mol. The minimum atomic E-state index is 0.338. The van der Waals surface area contributed by atoms with Gasteiger partial charge >= 0.3 is 0 Å². The van der Waals surface area contributed by atoms with Gasteiger partial charge in [-0.3, -0.25) is 0 Å². The Hall–Kier alpha value is -3.02. The largest absolute Gasteiger partial charge is 0.374 e. The van der Waals surface area contributed by atoms with E-state index in [2.05, 4.69) is 103 Å². The molecule has 6 aliphatic carbocycles. The van der Waals surface area contributed by atoms with Crippen molar-refractivity contribution in [2.75, 3.05) is 0 Å². The molecule has 324 valence electrons. The van der Waals surface area contributed by atoms with Crippen LogP contribution >= 0.6 is 0 Å². The summed E-state index contributed by atoms with van der Waals surface area (Å²) in [5.74, 6) is 8.47. The molecule has 0 aromatic heterocycles. The molecule has 4 saturated heterocycles. The van der Waals surface area contributed by atoms with E-state index >= 15 is 0 Å². The van der Waals surface area contributed by atoms with Gasteiger partial charge in [0.05, 0.1) is 30.5 Å². The van der Waals surface area contributed by atoms with Crippen molar-refractivity contribution in [1.82, 2.24) is 9.80 Å². The van der Waals surface area contributed by atoms with Gasteiger partial charge in [0.25, 0.3) is 0 Å². The summed E-state index contributed by atoms with van der Waals surface area (Å²) in [7, 11) is 0. The van der Waals surface area contributed by atoms with E-state index < -0.39 is 0 Å². The molecule has 5 heteroatoms. The maximum absolute atomic E-state index is 7.71. The second-order valence-corrected chi connectivity index (χ2v) is 23.3. The fourth-order valence-corrected chi connectivity index (χ4v) is 19.2. The molecule has 0 spiro atoms. The lowest BCUT2D eigenvalue weighted by atomic mass is 9.22. The Morgan fingerprint density at radius 2 is 1.29 bits per heavy atom. The van der Waals surface area contributed by atoms with E-state index in [4.69, 9.17) is 9.47 Å². The molecule has 62 heavy (non-hydrogen) atoms. The first kappa shape index (κ1) is 38.3. The highest BCUT2D eigenvalue weighted by Gasteiger charge is 2.69. The first-order chi connectivity index (χ1) is 30.5. The van der Waals surface area contributed by atoms with Gasteiger partial charge in [-0.2, -0.15) is 0 Å². The van der Waals surface area contributed by atoms with E-state index in [-0.39, 0.29) is 0 Å². The summed E-state index contributed by atoms with van der Waals surface area (Å²) in [6.45, 7) is 7.73. The zero-order valence-corrected chi connectivity index (χ0v) is 37.9. The quantitative estimate of drug-likeness (QED) is 0.246. The minimum Gasteiger partial charge on any atom is -0.374 e. The van der Waals surface area contributed by atoms with Crippen molar-refractivity contribution < 1.29 is 9.47 Å². The average Bonchev–Trinajstić information content (AvgIpc) is 4.00. The molecular weight excluding hydrogens is 755 g/mol. The summed E-state index contributed by atoms with van der Waals surface area (Å²) in [6.07, 6.45) is 26.5. The van der Waals surface area contributed by atoms with Gasteiger partial charge in [0, 0.05) is 35.9 Å². The topological polar surface area (TPSA) is 24.9 Å². The molecule has 18 atom stereocenters. The zero-order chi connectivity index (χ0) is 41.0. The van der Waals surface area contributed by atoms with E-state index in [9.17, 15) is 0 Å². The monoisotopic (exact) mass is 827 g/mol. The second kappa shape index (κ2) is 14.5. The maximum Gasteiger partial charge on any atom is 0.187 e. The van der Waals surface area contributed by atoms with Crippen LogP contribution in [0.3, 0.4) is 0 Å². The fourth-order valence-electron chi connectivity index (χ4n) is 19.2. The summed E-state index contributed by atoms with van der Waals surface area (Å²) in [4.78, 5) is 6.54. The fraction of sp³-hybridized carbons (Fsp3) is 0.649. The van der Waals surface area contributed by atoms with Crippen molar-refractivity contribution in [2.24, 2.45) is 41.4 Å². The number of fused-ring (bicyclic) bond motifs is 15. The third-order valence-electron chi connectivity index (χ3n) is 20.8. The molecule has 0 N–H and O–H groups in total. The number of nitrogens with zero attached hydrogens (tertiary/aromatic N) is 2. The van der Waals surface area contributed by atoms with Gasteiger partial charge in [-0.15, -0.1) is 0 Å². The van der Waals surface area contributed by atoms with Crippen LogP contribution in [0.5, 0.6) is 0 Å². The molecule has 0 amide bonds. The minimum absolute atomic E-state index is 0.338. The normalized spacial score (nSPS) is 44.5. The van der Waals surface area contributed by atoms with Gasteiger partial charge < -0.3 is 19.3 Å². The predicted molar refractivity (Wildman–Crippen MR) is 251 cm³/mol. The third-order valence-corrected chi connectivity index (χ3v) is 20.8. The van der Waals surface area contributed by atoms with Crippen LogP contribution in [0.25, 0.3) is 11.1 Å². The van der Waals surface area contributed by atoms with Crippen molar-refractivity contribution in [3.8, 4) is 11.1 Å². The second-order valence-electron chi connectivity index (χ2n) is 23.3. The van der Waals surface area contributed by atoms with Gasteiger partial charge in [-0.05, 0) is 147 Å². The predicted octanol–water partition coefficient (Wildman–Crippen LogP) is 11.6. The lowest BCUT2D eigenvalue weighted by molar-refractivity contribution is -0.135. The van der Waals surface area contributed by atoms with Gasteiger partial charge in [0.15, 0.2) is 6.71 Å². The molecule has 10 fully saturated rings. The van der Waals surface area contributed by atoms with Crippen LogP contribution < -0.4 is 5.46 Å². The Morgan fingerprint density at radius 1 is 0.581 bits per heavy atom. The number of hydrogen-bond acceptors (Lipinski definition) is 4. The molecule has 5 heterocycles. The van der Waals surface area contributed by atoms with E-state index in [1.165, 1.54) is 131 Å². The van der Waals surface area contributed by atoms with Crippen LogP contribution in [0.4, 0.5) is 0 Å². The standard InChI is InChI=1S/C57H71BN2O2/c1-32-28-33(2)51(34(3)29-32)42-30-47-41(53-40-19-9-12-23-49(40)61-56(42)53)31-50-59(47)46-21-13-16-36-24-26-44-54(52(36)46)60(50)55-45(27-25-39-38-18-8-11-22-48(38)62-57(39)55)58(44)43-20-10-7-17-37(43)35-14-5-4-6-15-35/h4-7,10,14-15,17,20,28-29,31,36,38-42,44-49,52-57H,8-9,11-13,16,18-19,21-27,30H2,1-3H3. The SMILES string of the molecule is Cc1cc(C)c(C2CC3C(C=C4N3C3CCCC5CCC6B(c7ccccc7-c7ccccc7)C7CCC8C9CCCCC9OC8C7N4C6C53)C3C4CCCCC4OC23)c(C)c1. The molecule has 11 aliphatic rings. The Kier molecular flexibility index (Phi) is 8.95. The van der Waals surface area contributed by atoms with Crippen LogP contribution in [-0.2, 0) is 9.47 Å². The molecular formula is C57H71BN2O2. The summed E-state index contributed by atoms with van der Waals surface area (Å²) in [5, 5.41) is 0. The smallest absolute Gasteiger partial charge is 0.187 e. The number of rotatable bonds is 3. The number of aryl methyl sites for hydroxylation is 3. The molecule has 3 aromatic carbocycles. The maximum atomic E-state index is 7.71. The van der Waals surface area contributed by atoms with Crippen molar-refractivity contribution in [1.29, 1.82) is 0 Å². The highest BCUT2D eigenvalue weighted by atomic mass is 16.5. The Morgan fingerprint density at radius 3 is 2.13 bits per heavy atom. The van der Waals surface area contributed by atoms with Crippen LogP contribution in [0.1, 0.15) is 131 Å². The third kappa shape index (κ3) is 5.39.